The molecule has 5 heteroatoms. The van der Waals surface area contributed by atoms with E-state index in [4.69, 9.17) is 9.84 Å². The highest BCUT2D eigenvalue weighted by Crippen LogP contribution is 2.31. The second-order valence-electron chi connectivity index (χ2n) is 3.91. The Balaban J connectivity index is 3.00. The number of aliphatic carboxylic acids is 1. The standard InChI is InChI=1S/C13H17NO4/c1-14-12(15)7-9(8-13(16)17)10-5-3-4-6-11(10)18-2/h3-6,9H,7-8H2,1-2H3,(H,14,15)(H,16,17). The molecule has 0 saturated carbocycles. The highest BCUT2D eigenvalue weighted by molar-refractivity contribution is 5.78. The fourth-order valence-corrected chi connectivity index (χ4v) is 1.83. The largest absolute Gasteiger partial charge is 0.496 e. The van der Waals surface area contributed by atoms with Crippen molar-refractivity contribution < 1.29 is 19.4 Å². The minimum atomic E-state index is -0.935. The molecule has 0 aliphatic rings. The second-order valence-corrected chi connectivity index (χ2v) is 3.91. The number of carboxylic acid groups (broad SMARTS) is 1. The molecular weight excluding hydrogens is 234 g/mol. The Kier molecular flexibility index (Phi) is 5.17. The number of hydrogen-bond donors (Lipinski definition) is 2. The maximum Gasteiger partial charge on any atom is 0.303 e. The summed E-state index contributed by atoms with van der Waals surface area (Å²) in [6.07, 6.45) is 0.0248. The van der Waals surface area contributed by atoms with Gasteiger partial charge in [0.1, 0.15) is 5.75 Å². The van der Waals surface area contributed by atoms with Crippen molar-refractivity contribution in [1.29, 1.82) is 0 Å². The molecule has 1 unspecified atom stereocenters. The smallest absolute Gasteiger partial charge is 0.303 e. The van der Waals surface area contributed by atoms with Crippen LogP contribution in [0.25, 0.3) is 0 Å². The van der Waals surface area contributed by atoms with E-state index in [2.05, 4.69) is 5.32 Å². The van der Waals surface area contributed by atoms with Crippen LogP contribution in [0.1, 0.15) is 24.3 Å². The Labute approximate surface area is 106 Å². The van der Waals surface area contributed by atoms with E-state index in [1.807, 2.05) is 0 Å². The molecule has 1 atom stereocenters. The number of carbonyl (C=O) groups is 2. The Morgan fingerprint density at radius 3 is 2.56 bits per heavy atom. The van der Waals surface area contributed by atoms with Crippen molar-refractivity contribution in [2.75, 3.05) is 14.2 Å². The summed E-state index contributed by atoms with van der Waals surface area (Å²) in [5.74, 6) is -0.909. The van der Waals surface area contributed by atoms with E-state index in [0.717, 1.165) is 5.56 Å². The molecule has 18 heavy (non-hydrogen) atoms. The van der Waals surface area contributed by atoms with Crippen molar-refractivity contribution in [2.45, 2.75) is 18.8 Å². The normalized spacial score (nSPS) is 11.7. The number of carbonyl (C=O) groups excluding carboxylic acids is 1. The molecule has 0 aliphatic heterocycles. The van der Waals surface area contributed by atoms with E-state index in [9.17, 15) is 9.59 Å². The van der Waals surface area contributed by atoms with Crippen LogP contribution in [0.2, 0.25) is 0 Å². The van der Waals surface area contributed by atoms with E-state index in [1.165, 1.54) is 14.2 Å². The summed E-state index contributed by atoms with van der Waals surface area (Å²) in [4.78, 5) is 22.3. The van der Waals surface area contributed by atoms with Gasteiger partial charge in [-0.15, -0.1) is 0 Å². The second kappa shape index (κ2) is 6.64. The van der Waals surface area contributed by atoms with Crippen molar-refractivity contribution in [3.8, 4) is 5.75 Å². The van der Waals surface area contributed by atoms with Gasteiger partial charge in [0.2, 0.25) is 5.91 Å². The van der Waals surface area contributed by atoms with E-state index in [-0.39, 0.29) is 18.7 Å². The van der Waals surface area contributed by atoms with Crippen LogP contribution in [-0.2, 0) is 9.59 Å². The zero-order valence-electron chi connectivity index (χ0n) is 10.5. The first-order valence-corrected chi connectivity index (χ1v) is 5.63. The molecular formula is C13H17NO4. The van der Waals surface area contributed by atoms with Gasteiger partial charge in [-0.3, -0.25) is 9.59 Å². The van der Waals surface area contributed by atoms with Gasteiger partial charge in [-0.25, -0.2) is 0 Å². The fourth-order valence-electron chi connectivity index (χ4n) is 1.83. The van der Waals surface area contributed by atoms with Crippen LogP contribution in [0.15, 0.2) is 24.3 Å². The third kappa shape index (κ3) is 3.76. The minimum Gasteiger partial charge on any atom is -0.496 e. The number of carboxylic acids is 1. The summed E-state index contributed by atoms with van der Waals surface area (Å²) in [6.45, 7) is 0. The van der Waals surface area contributed by atoms with Gasteiger partial charge in [0.15, 0.2) is 0 Å². The maximum absolute atomic E-state index is 11.4. The first-order chi connectivity index (χ1) is 8.58. The quantitative estimate of drug-likeness (QED) is 0.801. The number of ether oxygens (including phenoxy) is 1. The minimum absolute atomic E-state index is 0.103. The summed E-state index contributed by atoms with van der Waals surface area (Å²) >= 11 is 0. The van der Waals surface area contributed by atoms with E-state index >= 15 is 0 Å². The van der Waals surface area contributed by atoms with Gasteiger partial charge in [-0.05, 0) is 11.6 Å². The monoisotopic (exact) mass is 251 g/mol. The van der Waals surface area contributed by atoms with Crippen molar-refractivity contribution in [3.05, 3.63) is 29.8 Å². The summed E-state index contributed by atoms with van der Waals surface area (Å²) < 4.78 is 5.20. The summed E-state index contributed by atoms with van der Waals surface area (Å²) in [7, 11) is 3.05. The van der Waals surface area contributed by atoms with Crippen LogP contribution in [0.4, 0.5) is 0 Å². The molecule has 0 aliphatic carbocycles. The van der Waals surface area contributed by atoms with E-state index in [0.29, 0.717) is 5.75 Å². The van der Waals surface area contributed by atoms with Crippen LogP contribution >= 0.6 is 0 Å². The lowest BCUT2D eigenvalue weighted by Crippen LogP contribution is -2.22. The third-order valence-corrected chi connectivity index (χ3v) is 2.71. The first kappa shape index (κ1) is 14.0. The molecule has 0 spiro atoms. The number of para-hydroxylation sites is 1. The molecule has 98 valence electrons. The fraction of sp³-hybridized carbons (Fsp3) is 0.385. The number of methoxy groups -OCH3 is 1. The molecule has 1 aromatic rings. The van der Waals surface area contributed by atoms with Crippen molar-refractivity contribution in [2.24, 2.45) is 0 Å². The highest BCUT2D eigenvalue weighted by Gasteiger charge is 2.21. The number of amides is 1. The van der Waals surface area contributed by atoms with Crippen LogP contribution < -0.4 is 10.1 Å². The molecule has 0 heterocycles. The van der Waals surface area contributed by atoms with Gasteiger partial charge in [-0.1, -0.05) is 18.2 Å². The summed E-state index contributed by atoms with van der Waals surface area (Å²) in [6, 6.07) is 7.15. The third-order valence-electron chi connectivity index (χ3n) is 2.71. The van der Waals surface area contributed by atoms with Crippen LogP contribution in [-0.4, -0.2) is 31.1 Å². The van der Waals surface area contributed by atoms with Crippen molar-refractivity contribution in [3.63, 3.8) is 0 Å². The average Bonchev–Trinajstić information content (AvgIpc) is 2.37. The number of benzene rings is 1. The van der Waals surface area contributed by atoms with Crippen molar-refractivity contribution in [1.82, 2.24) is 5.32 Å². The van der Waals surface area contributed by atoms with E-state index < -0.39 is 11.9 Å². The van der Waals surface area contributed by atoms with Gasteiger partial charge >= 0.3 is 5.97 Å². The first-order valence-electron chi connectivity index (χ1n) is 5.63. The van der Waals surface area contributed by atoms with Gasteiger partial charge < -0.3 is 15.2 Å². The lowest BCUT2D eigenvalue weighted by atomic mass is 9.91. The van der Waals surface area contributed by atoms with Gasteiger partial charge in [0.25, 0.3) is 0 Å². The predicted octanol–water partition coefficient (Wildman–Crippen LogP) is 1.39. The molecule has 5 nitrogen and oxygen atoms in total. The molecule has 0 aromatic heterocycles. The topological polar surface area (TPSA) is 75.6 Å². The predicted molar refractivity (Wildman–Crippen MR) is 66.7 cm³/mol. The van der Waals surface area contributed by atoms with Gasteiger partial charge in [0.05, 0.1) is 13.5 Å². The number of nitrogens with one attached hydrogen (secondary N) is 1. The van der Waals surface area contributed by atoms with Gasteiger partial charge in [-0.2, -0.15) is 0 Å². The van der Waals surface area contributed by atoms with Gasteiger partial charge in [0, 0.05) is 19.4 Å². The Morgan fingerprint density at radius 1 is 1.33 bits per heavy atom. The zero-order chi connectivity index (χ0) is 13.5. The SMILES string of the molecule is CNC(=O)CC(CC(=O)O)c1ccccc1OC. The number of hydrogen-bond acceptors (Lipinski definition) is 3. The zero-order valence-corrected chi connectivity index (χ0v) is 10.5. The molecule has 0 radical (unpaired) electrons. The maximum atomic E-state index is 11.4. The lowest BCUT2D eigenvalue weighted by molar-refractivity contribution is -0.137. The Hall–Kier alpha value is -2.04. The summed E-state index contributed by atoms with van der Waals surface area (Å²) in [5.41, 5.74) is 0.742. The van der Waals surface area contributed by atoms with Crippen molar-refractivity contribution >= 4 is 11.9 Å². The molecule has 0 saturated heterocycles. The summed E-state index contributed by atoms with van der Waals surface area (Å²) in [5, 5.41) is 11.4. The molecule has 1 rings (SSSR count). The number of rotatable bonds is 6. The molecule has 0 fully saturated rings. The molecule has 1 aromatic carbocycles. The Morgan fingerprint density at radius 2 is 2.00 bits per heavy atom. The average molecular weight is 251 g/mol. The van der Waals surface area contributed by atoms with Crippen LogP contribution in [0.5, 0.6) is 5.75 Å². The Bertz CT molecular complexity index is 431. The molecule has 1 amide bonds. The lowest BCUT2D eigenvalue weighted by Gasteiger charge is -2.17. The van der Waals surface area contributed by atoms with Crippen LogP contribution in [0, 0.1) is 0 Å². The molecule has 2 N–H and O–H groups in total. The highest BCUT2D eigenvalue weighted by atomic mass is 16.5. The molecule has 0 bridgehead atoms. The van der Waals surface area contributed by atoms with Crippen LogP contribution in [0.3, 0.4) is 0 Å². The van der Waals surface area contributed by atoms with E-state index in [1.54, 1.807) is 24.3 Å².